The third-order valence-electron chi connectivity index (χ3n) is 5.66. The molecule has 3 aromatic rings. The van der Waals surface area contributed by atoms with Gasteiger partial charge in [0.25, 0.3) is 0 Å². The van der Waals surface area contributed by atoms with Crippen molar-refractivity contribution in [2.75, 3.05) is 36.4 Å². The third kappa shape index (κ3) is 4.76. The summed E-state index contributed by atoms with van der Waals surface area (Å²) in [6.07, 6.45) is 0. The molecule has 2 heterocycles. The predicted molar refractivity (Wildman–Crippen MR) is 128 cm³/mol. The quantitative estimate of drug-likeness (QED) is 0.633. The monoisotopic (exact) mass is 451 g/mol. The highest BCUT2D eigenvalue weighted by Crippen LogP contribution is 2.25. The number of piperazine rings is 1. The number of nitrogens with zero attached hydrogens (tertiary/aromatic N) is 4. The molecular formula is C24H29N5O2S. The molecule has 0 bridgehead atoms. The summed E-state index contributed by atoms with van der Waals surface area (Å²) in [7, 11) is -3.51. The summed E-state index contributed by atoms with van der Waals surface area (Å²) in [5.41, 5.74) is 4.00. The van der Waals surface area contributed by atoms with Gasteiger partial charge < -0.3 is 10.2 Å². The molecule has 1 fully saturated rings. The fourth-order valence-electron chi connectivity index (χ4n) is 3.95. The summed E-state index contributed by atoms with van der Waals surface area (Å²) in [6.45, 7) is 9.71. The largest absolute Gasteiger partial charge is 0.354 e. The Morgan fingerprint density at radius 3 is 2.12 bits per heavy atom. The van der Waals surface area contributed by atoms with E-state index in [1.54, 1.807) is 10.4 Å². The number of benzene rings is 2. The minimum atomic E-state index is -3.51. The number of nitrogens with one attached hydrogen (secondary N) is 1. The zero-order valence-electron chi connectivity index (χ0n) is 19.0. The van der Waals surface area contributed by atoms with Crippen LogP contribution in [0.3, 0.4) is 0 Å². The summed E-state index contributed by atoms with van der Waals surface area (Å²) in [4.78, 5) is 11.6. The van der Waals surface area contributed by atoms with Crippen molar-refractivity contribution in [2.45, 2.75) is 32.6 Å². The second kappa shape index (κ2) is 8.88. The first-order valence-electron chi connectivity index (χ1n) is 10.7. The molecule has 0 saturated carbocycles. The number of hydrogen-bond donors (Lipinski definition) is 1. The maximum absolute atomic E-state index is 13.2. The molecule has 0 unspecified atom stereocenters. The Balaban J connectivity index is 1.48. The summed E-state index contributed by atoms with van der Waals surface area (Å²) in [5.74, 6) is 2.19. The lowest BCUT2D eigenvalue weighted by Gasteiger charge is -2.35. The average Bonchev–Trinajstić information content (AvgIpc) is 2.75. The van der Waals surface area contributed by atoms with Crippen LogP contribution in [0.25, 0.3) is 0 Å². The maximum atomic E-state index is 13.2. The first-order valence-corrected chi connectivity index (χ1v) is 12.2. The van der Waals surface area contributed by atoms with Crippen molar-refractivity contribution in [2.24, 2.45) is 0 Å². The van der Waals surface area contributed by atoms with Gasteiger partial charge in [0.2, 0.25) is 10.0 Å². The Kier molecular flexibility index (Phi) is 6.17. The van der Waals surface area contributed by atoms with Crippen molar-refractivity contribution in [1.29, 1.82) is 0 Å². The fourth-order valence-corrected chi connectivity index (χ4v) is 5.58. The van der Waals surface area contributed by atoms with E-state index < -0.39 is 10.0 Å². The SMILES string of the molecule is Cc1ccc(Nc2cc(N3CCN(S(=O)(=O)c4ccc(C)cc4C)CC3)nc(C)n2)cc1. The Morgan fingerprint density at radius 2 is 1.47 bits per heavy atom. The van der Waals surface area contributed by atoms with Gasteiger partial charge in [0, 0.05) is 37.9 Å². The van der Waals surface area contributed by atoms with Crippen LogP contribution in [0.4, 0.5) is 17.3 Å². The maximum Gasteiger partial charge on any atom is 0.243 e. The first kappa shape index (κ1) is 22.2. The van der Waals surface area contributed by atoms with Crippen molar-refractivity contribution in [3.8, 4) is 0 Å². The lowest BCUT2D eigenvalue weighted by molar-refractivity contribution is 0.383. The van der Waals surface area contributed by atoms with Crippen molar-refractivity contribution in [3.63, 3.8) is 0 Å². The predicted octanol–water partition coefficient (Wildman–Crippen LogP) is 3.96. The van der Waals surface area contributed by atoms with Crippen molar-refractivity contribution in [3.05, 3.63) is 71.0 Å². The smallest absolute Gasteiger partial charge is 0.243 e. The van der Waals surface area contributed by atoms with Gasteiger partial charge in [-0.1, -0.05) is 35.4 Å². The molecule has 32 heavy (non-hydrogen) atoms. The molecule has 1 N–H and O–H groups in total. The molecule has 1 aliphatic heterocycles. The highest BCUT2D eigenvalue weighted by molar-refractivity contribution is 7.89. The van der Waals surface area contributed by atoms with E-state index in [9.17, 15) is 8.42 Å². The third-order valence-corrected chi connectivity index (χ3v) is 7.72. The Labute approximate surface area is 190 Å². The van der Waals surface area contributed by atoms with Gasteiger partial charge in [0.05, 0.1) is 4.90 Å². The van der Waals surface area contributed by atoms with E-state index in [1.165, 1.54) is 5.56 Å². The second-order valence-electron chi connectivity index (χ2n) is 8.31. The molecule has 4 rings (SSSR count). The molecular weight excluding hydrogens is 422 g/mol. The van der Waals surface area contributed by atoms with E-state index >= 15 is 0 Å². The van der Waals surface area contributed by atoms with Crippen LogP contribution in [-0.4, -0.2) is 48.9 Å². The van der Waals surface area contributed by atoms with Gasteiger partial charge in [-0.05, 0) is 51.5 Å². The van der Waals surface area contributed by atoms with E-state index in [1.807, 2.05) is 63.2 Å². The van der Waals surface area contributed by atoms with Crippen molar-refractivity contribution >= 4 is 27.3 Å². The Morgan fingerprint density at radius 1 is 0.812 bits per heavy atom. The van der Waals surface area contributed by atoms with Gasteiger partial charge in [-0.2, -0.15) is 4.31 Å². The highest BCUT2D eigenvalue weighted by atomic mass is 32.2. The summed E-state index contributed by atoms with van der Waals surface area (Å²) < 4.78 is 27.9. The summed E-state index contributed by atoms with van der Waals surface area (Å²) in [6, 6.07) is 15.5. The van der Waals surface area contributed by atoms with E-state index in [0.717, 1.165) is 28.5 Å². The van der Waals surface area contributed by atoms with Gasteiger partial charge in [-0.25, -0.2) is 18.4 Å². The van der Waals surface area contributed by atoms with Crippen LogP contribution in [0.2, 0.25) is 0 Å². The molecule has 8 heteroatoms. The minimum absolute atomic E-state index is 0.388. The van der Waals surface area contributed by atoms with E-state index in [2.05, 4.69) is 27.1 Å². The van der Waals surface area contributed by atoms with Crippen LogP contribution in [0.15, 0.2) is 53.4 Å². The molecule has 1 aromatic heterocycles. The van der Waals surface area contributed by atoms with E-state index in [0.29, 0.717) is 36.9 Å². The normalized spacial score (nSPS) is 15.1. The van der Waals surface area contributed by atoms with Crippen LogP contribution < -0.4 is 10.2 Å². The fraction of sp³-hybridized carbons (Fsp3) is 0.333. The van der Waals surface area contributed by atoms with Gasteiger partial charge in [-0.3, -0.25) is 0 Å². The number of anilines is 3. The van der Waals surface area contributed by atoms with E-state index in [-0.39, 0.29) is 0 Å². The average molecular weight is 452 g/mol. The molecule has 2 aromatic carbocycles. The van der Waals surface area contributed by atoms with Gasteiger partial charge in [0.15, 0.2) is 0 Å². The highest BCUT2D eigenvalue weighted by Gasteiger charge is 2.30. The van der Waals surface area contributed by atoms with Gasteiger partial charge in [-0.15, -0.1) is 0 Å². The molecule has 0 amide bonds. The van der Waals surface area contributed by atoms with Crippen LogP contribution in [0, 0.1) is 27.7 Å². The molecule has 1 aliphatic rings. The van der Waals surface area contributed by atoms with Crippen LogP contribution in [0.5, 0.6) is 0 Å². The lowest BCUT2D eigenvalue weighted by Crippen LogP contribution is -2.49. The number of rotatable bonds is 5. The molecule has 0 atom stereocenters. The summed E-state index contributed by atoms with van der Waals surface area (Å²) in [5, 5.41) is 3.33. The number of aryl methyl sites for hydroxylation is 4. The molecule has 168 valence electrons. The van der Waals surface area contributed by atoms with Gasteiger partial charge >= 0.3 is 0 Å². The zero-order chi connectivity index (χ0) is 22.9. The topological polar surface area (TPSA) is 78.4 Å². The number of hydrogen-bond acceptors (Lipinski definition) is 6. The Bertz CT molecular complexity index is 1220. The standard InChI is InChI=1S/C24H29N5O2S/c1-17-5-8-21(9-6-17)27-23-16-24(26-20(4)25-23)28-11-13-29(14-12-28)32(30,31)22-10-7-18(2)15-19(22)3/h5-10,15-16H,11-14H2,1-4H3,(H,25,26,27). The van der Waals surface area contributed by atoms with Crippen molar-refractivity contribution < 1.29 is 8.42 Å². The van der Waals surface area contributed by atoms with E-state index in [4.69, 9.17) is 0 Å². The Hall–Kier alpha value is -2.97. The minimum Gasteiger partial charge on any atom is -0.354 e. The van der Waals surface area contributed by atoms with Crippen LogP contribution >= 0.6 is 0 Å². The molecule has 7 nitrogen and oxygen atoms in total. The molecule has 1 saturated heterocycles. The lowest BCUT2D eigenvalue weighted by atomic mass is 10.2. The zero-order valence-corrected chi connectivity index (χ0v) is 19.8. The first-order chi connectivity index (χ1) is 15.2. The summed E-state index contributed by atoms with van der Waals surface area (Å²) >= 11 is 0. The molecule has 0 radical (unpaired) electrons. The van der Waals surface area contributed by atoms with Crippen LogP contribution in [-0.2, 0) is 10.0 Å². The number of aromatic nitrogens is 2. The second-order valence-corrected chi connectivity index (χ2v) is 10.2. The van der Waals surface area contributed by atoms with Gasteiger partial charge in [0.1, 0.15) is 17.5 Å². The van der Waals surface area contributed by atoms with Crippen LogP contribution in [0.1, 0.15) is 22.5 Å². The molecule has 0 aliphatic carbocycles. The van der Waals surface area contributed by atoms with Crippen molar-refractivity contribution in [1.82, 2.24) is 14.3 Å². The number of sulfonamides is 1. The molecule has 0 spiro atoms.